The van der Waals surface area contributed by atoms with Gasteiger partial charge in [0.25, 0.3) is 0 Å². The number of benzene rings is 1. The van der Waals surface area contributed by atoms with Crippen LogP contribution in [0.3, 0.4) is 0 Å². The first-order valence-electron chi connectivity index (χ1n) is 11.4. The van der Waals surface area contributed by atoms with Crippen LogP contribution in [0.2, 0.25) is 0 Å². The average molecular weight is 412 g/mol. The van der Waals surface area contributed by atoms with Crippen LogP contribution in [-0.2, 0) is 11.2 Å². The van der Waals surface area contributed by atoms with Crippen molar-refractivity contribution in [3.63, 3.8) is 0 Å². The highest BCUT2D eigenvalue weighted by Crippen LogP contribution is 2.53. The van der Waals surface area contributed by atoms with Crippen molar-refractivity contribution in [2.75, 3.05) is 6.54 Å². The third-order valence-corrected chi connectivity index (χ3v) is 7.38. The highest BCUT2D eigenvalue weighted by atomic mass is 16.4. The van der Waals surface area contributed by atoms with Gasteiger partial charge in [-0.1, -0.05) is 43.5 Å². The van der Waals surface area contributed by atoms with Crippen LogP contribution in [-0.4, -0.2) is 45.7 Å². The lowest BCUT2D eigenvalue weighted by Gasteiger charge is -2.46. The number of amides is 1. The molecule has 2 atom stereocenters. The molecule has 2 N–H and O–H groups in total. The minimum absolute atomic E-state index is 0.101. The van der Waals surface area contributed by atoms with Crippen molar-refractivity contribution in [3.05, 3.63) is 47.5 Å². The molecule has 0 radical (unpaired) electrons. The van der Waals surface area contributed by atoms with Crippen LogP contribution >= 0.6 is 0 Å². The van der Waals surface area contributed by atoms with Crippen molar-refractivity contribution < 1.29 is 19.8 Å². The van der Waals surface area contributed by atoms with Crippen molar-refractivity contribution in [1.82, 2.24) is 4.90 Å². The fourth-order valence-electron chi connectivity index (χ4n) is 5.13. The summed E-state index contributed by atoms with van der Waals surface area (Å²) >= 11 is 0. The van der Waals surface area contributed by atoms with Crippen molar-refractivity contribution in [2.45, 2.75) is 76.4 Å². The summed E-state index contributed by atoms with van der Waals surface area (Å²) in [5, 5.41) is 19.8. The summed E-state index contributed by atoms with van der Waals surface area (Å²) in [6.07, 6.45) is 14.2. The largest absolute Gasteiger partial charge is 0.478 e. The van der Waals surface area contributed by atoms with E-state index in [-0.39, 0.29) is 29.0 Å². The van der Waals surface area contributed by atoms with E-state index in [0.29, 0.717) is 25.8 Å². The van der Waals surface area contributed by atoms with Gasteiger partial charge in [0.1, 0.15) is 0 Å². The lowest BCUT2D eigenvalue weighted by Crippen LogP contribution is -2.41. The summed E-state index contributed by atoms with van der Waals surface area (Å²) in [6, 6.07) is 6.97. The second kappa shape index (κ2) is 8.93. The van der Waals surface area contributed by atoms with E-state index in [1.165, 1.54) is 25.7 Å². The Balaban J connectivity index is 1.29. The predicted molar refractivity (Wildman–Crippen MR) is 115 cm³/mol. The Kier molecular flexibility index (Phi) is 6.28. The van der Waals surface area contributed by atoms with Gasteiger partial charge in [0.05, 0.1) is 17.7 Å². The first-order valence-corrected chi connectivity index (χ1v) is 11.4. The molecule has 1 aromatic carbocycles. The number of carboxylic acid groups (broad SMARTS) is 1. The van der Waals surface area contributed by atoms with Gasteiger partial charge >= 0.3 is 5.97 Å². The van der Waals surface area contributed by atoms with Gasteiger partial charge in [-0.3, -0.25) is 4.79 Å². The minimum Gasteiger partial charge on any atom is -0.478 e. The number of aliphatic hydroxyl groups is 1. The highest BCUT2D eigenvalue weighted by Gasteiger charge is 2.46. The zero-order valence-electron chi connectivity index (χ0n) is 17.6. The summed E-state index contributed by atoms with van der Waals surface area (Å²) < 4.78 is 0. The first kappa shape index (κ1) is 21.1. The molecule has 30 heavy (non-hydrogen) atoms. The lowest BCUT2D eigenvalue weighted by molar-refractivity contribution is -0.128. The number of rotatable bonds is 10. The fraction of sp³-hybridized carbons (Fsp3) is 0.600. The molecule has 5 nitrogen and oxygen atoms in total. The molecule has 1 aliphatic heterocycles. The fourth-order valence-corrected chi connectivity index (χ4v) is 5.13. The number of aliphatic hydroxyl groups excluding tert-OH is 1. The summed E-state index contributed by atoms with van der Waals surface area (Å²) in [5.41, 5.74) is 1.46. The Morgan fingerprint density at radius 2 is 1.93 bits per heavy atom. The average Bonchev–Trinajstić information content (AvgIpc) is 3.46. The first-order chi connectivity index (χ1) is 14.5. The summed E-state index contributed by atoms with van der Waals surface area (Å²) in [7, 11) is 0. The molecule has 0 aromatic heterocycles. The van der Waals surface area contributed by atoms with Crippen molar-refractivity contribution >= 4 is 11.9 Å². The summed E-state index contributed by atoms with van der Waals surface area (Å²) in [5.74, 6) is 0.0949. The molecule has 0 spiro atoms. The van der Waals surface area contributed by atoms with E-state index >= 15 is 0 Å². The molecule has 1 saturated heterocycles. The quantitative estimate of drug-likeness (QED) is 0.566. The van der Waals surface area contributed by atoms with E-state index in [0.717, 1.165) is 30.7 Å². The van der Waals surface area contributed by atoms with Gasteiger partial charge < -0.3 is 15.1 Å². The maximum atomic E-state index is 12.4. The Hall–Kier alpha value is -2.14. The number of hydrogen-bond donors (Lipinski definition) is 2. The number of carbonyl (C=O) groups is 2. The van der Waals surface area contributed by atoms with E-state index in [1.807, 2.05) is 17.0 Å². The molecule has 2 saturated carbocycles. The minimum atomic E-state index is -0.926. The van der Waals surface area contributed by atoms with Crippen LogP contribution in [0, 0.1) is 11.3 Å². The molecular formula is C25H33NO4. The Morgan fingerprint density at radius 1 is 1.20 bits per heavy atom. The van der Waals surface area contributed by atoms with Crippen LogP contribution in [0.15, 0.2) is 36.4 Å². The molecule has 4 rings (SSSR count). The number of hydrogen-bond acceptors (Lipinski definition) is 3. The maximum Gasteiger partial charge on any atom is 0.335 e. The van der Waals surface area contributed by atoms with E-state index < -0.39 is 5.97 Å². The molecule has 0 bridgehead atoms. The molecule has 5 heteroatoms. The molecular weight excluding hydrogens is 378 g/mol. The van der Waals surface area contributed by atoms with Gasteiger partial charge in [-0.15, -0.1) is 0 Å². The standard InChI is InChI=1S/C25H33NO4/c27-22(25(14-2-15-25)17-19-5-6-19)4-1-3-21-11-12-23(28)26(21)16-13-18-7-9-20(10-8-18)24(29)30/h1,3,7-10,19,21-22,27H,2,4-6,11-17H2,(H,29,30)/t21?,22-/m0/s1. The van der Waals surface area contributed by atoms with E-state index in [9.17, 15) is 14.7 Å². The van der Waals surface area contributed by atoms with E-state index in [2.05, 4.69) is 12.2 Å². The molecule has 162 valence electrons. The third-order valence-electron chi connectivity index (χ3n) is 7.38. The van der Waals surface area contributed by atoms with Crippen LogP contribution in [0.1, 0.15) is 73.7 Å². The number of likely N-dealkylation sites (tertiary alicyclic amines) is 1. The normalized spacial score (nSPS) is 24.2. The second-order valence-corrected chi connectivity index (χ2v) is 9.49. The smallest absolute Gasteiger partial charge is 0.335 e. The maximum absolute atomic E-state index is 12.4. The molecule has 1 unspecified atom stereocenters. The van der Waals surface area contributed by atoms with E-state index in [1.54, 1.807) is 12.1 Å². The van der Waals surface area contributed by atoms with Crippen molar-refractivity contribution in [3.8, 4) is 0 Å². The number of carbonyl (C=O) groups excluding carboxylic acids is 1. The van der Waals surface area contributed by atoms with Crippen LogP contribution < -0.4 is 0 Å². The second-order valence-electron chi connectivity index (χ2n) is 9.49. The van der Waals surface area contributed by atoms with Gasteiger partial charge in [-0.2, -0.15) is 0 Å². The molecule has 1 heterocycles. The number of aromatic carboxylic acids is 1. The lowest BCUT2D eigenvalue weighted by atomic mass is 9.61. The molecule has 3 fully saturated rings. The topological polar surface area (TPSA) is 77.8 Å². The van der Waals surface area contributed by atoms with Crippen LogP contribution in [0.5, 0.6) is 0 Å². The number of nitrogens with zero attached hydrogens (tertiary/aromatic N) is 1. The van der Waals surface area contributed by atoms with E-state index in [4.69, 9.17) is 5.11 Å². The van der Waals surface area contributed by atoms with Gasteiger partial charge in [-0.05, 0) is 67.6 Å². The predicted octanol–water partition coefficient (Wildman–Crippen LogP) is 4.20. The Morgan fingerprint density at radius 3 is 2.53 bits per heavy atom. The molecule has 1 amide bonds. The molecule has 2 aliphatic carbocycles. The van der Waals surface area contributed by atoms with Crippen molar-refractivity contribution in [1.29, 1.82) is 0 Å². The monoisotopic (exact) mass is 411 g/mol. The van der Waals surface area contributed by atoms with Gasteiger partial charge in [0, 0.05) is 13.0 Å². The highest BCUT2D eigenvalue weighted by molar-refractivity contribution is 5.87. The van der Waals surface area contributed by atoms with Crippen LogP contribution in [0.25, 0.3) is 0 Å². The van der Waals surface area contributed by atoms with Gasteiger partial charge in [-0.25, -0.2) is 4.79 Å². The van der Waals surface area contributed by atoms with Crippen molar-refractivity contribution in [2.24, 2.45) is 11.3 Å². The van der Waals surface area contributed by atoms with Gasteiger partial charge in [0.2, 0.25) is 5.91 Å². The summed E-state index contributed by atoms with van der Waals surface area (Å²) in [4.78, 5) is 25.3. The Labute approximate surface area is 178 Å². The SMILES string of the molecule is O=C(O)c1ccc(CCN2C(=O)CCC2C=CC[C@H](O)C2(CC3CC3)CCC2)cc1. The Bertz CT molecular complexity index is 792. The summed E-state index contributed by atoms with van der Waals surface area (Å²) in [6.45, 7) is 0.633. The van der Waals surface area contributed by atoms with Gasteiger partial charge in [0.15, 0.2) is 0 Å². The molecule has 3 aliphatic rings. The number of carboxylic acids is 1. The van der Waals surface area contributed by atoms with Crippen LogP contribution in [0.4, 0.5) is 0 Å². The molecule has 1 aromatic rings. The zero-order chi connectivity index (χ0) is 21.1. The third kappa shape index (κ3) is 4.77. The zero-order valence-corrected chi connectivity index (χ0v) is 17.6.